The largest absolute Gasteiger partial charge is 0.394 e. The number of ether oxygens (including phenoxy) is 1. The molecular formula is C12H24O11. The summed E-state index contributed by atoms with van der Waals surface area (Å²) in [4.78, 5) is 0. The van der Waals surface area contributed by atoms with Gasteiger partial charge in [-0.25, -0.2) is 0 Å². The summed E-state index contributed by atoms with van der Waals surface area (Å²) in [6.07, 6.45) is -15.6. The second-order valence-electron chi connectivity index (χ2n) is 5.63. The number of hydrogen-bond acceptors (Lipinski definition) is 11. The van der Waals surface area contributed by atoms with E-state index in [1.165, 1.54) is 0 Å². The first-order chi connectivity index (χ1) is 10.6. The predicted octanol–water partition coefficient (Wildman–Crippen LogP) is -6.37. The standard InChI is InChI=1S/C12H24O11/c13-1-4(15)6(16)8(18)9(19)11(21)12(22)3-23-5(2-14)7(17)10(12)20/h4-11,13-22H,1-3H2/t4-,5-,6-,7-,8+,9+,10+,11?,12-/m1/s1. The van der Waals surface area contributed by atoms with Crippen molar-refractivity contribution in [3.05, 3.63) is 0 Å². The van der Waals surface area contributed by atoms with Crippen LogP contribution in [0.3, 0.4) is 0 Å². The minimum atomic E-state index is -2.62. The van der Waals surface area contributed by atoms with E-state index in [9.17, 15) is 40.9 Å². The molecule has 11 nitrogen and oxygen atoms in total. The SMILES string of the molecule is OC[C@@H](O)[C@@H](O)[C@H](O)[C@H](O)C(O)[C@@]1(O)CO[C@H](CO)[C@@H](O)[C@@H]1O. The van der Waals surface area contributed by atoms with Crippen molar-refractivity contribution in [1.82, 2.24) is 0 Å². The van der Waals surface area contributed by atoms with Crippen molar-refractivity contribution in [3.8, 4) is 0 Å². The van der Waals surface area contributed by atoms with Crippen molar-refractivity contribution in [2.75, 3.05) is 19.8 Å². The van der Waals surface area contributed by atoms with Gasteiger partial charge in [-0.05, 0) is 0 Å². The van der Waals surface area contributed by atoms with E-state index in [1.807, 2.05) is 0 Å². The molecule has 0 radical (unpaired) electrons. The fraction of sp³-hybridized carbons (Fsp3) is 1.00. The van der Waals surface area contributed by atoms with Gasteiger partial charge >= 0.3 is 0 Å². The van der Waals surface area contributed by atoms with Gasteiger partial charge in [-0.15, -0.1) is 0 Å². The third-order valence-corrected chi connectivity index (χ3v) is 4.04. The third kappa shape index (κ3) is 3.97. The minimum absolute atomic E-state index is 0.670. The van der Waals surface area contributed by atoms with E-state index in [0.717, 1.165) is 0 Å². The maximum atomic E-state index is 10.3. The number of aliphatic hydroxyl groups is 10. The second kappa shape index (κ2) is 8.09. The summed E-state index contributed by atoms with van der Waals surface area (Å²) in [6.45, 7) is -2.40. The van der Waals surface area contributed by atoms with Crippen LogP contribution in [0.25, 0.3) is 0 Å². The van der Waals surface area contributed by atoms with E-state index in [1.54, 1.807) is 0 Å². The molecule has 1 saturated heterocycles. The van der Waals surface area contributed by atoms with E-state index in [2.05, 4.69) is 0 Å². The predicted molar refractivity (Wildman–Crippen MR) is 70.9 cm³/mol. The Bertz CT molecular complexity index is 369. The lowest BCUT2D eigenvalue weighted by atomic mass is 9.79. The Morgan fingerprint density at radius 1 is 0.957 bits per heavy atom. The molecule has 1 rings (SSSR count). The molecule has 1 heterocycles. The Balaban J connectivity index is 2.87. The first kappa shape index (κ1) is 20.6. The zero-order valence-corrected chi connectivity index (χ0v) is 12.1. The first-order valence-electron chi connectivity index (χ1n) is 6.94. The Labute approximate surface area is 131 Å². The van der Waals surface area contributed by atoms with Gasteiger partial charge in [0.05, 0.1) is 19.8 Å². The fourth-order valence-corrected chi connectivity index (χ4v) is 2.36. The summed E-state index contributed by atoms with van der Waals surface area (Å²) < 4.78 is 4.89. The number of hydrogen-bond donors (Lipinski definition) is 10. The van der Waals surface area contributed by atoms with E-state index in [4.69, 9.17) is 14.9 Å². The topological polar surface area (TPSA) is 212 Å². The Morgan fingerprint density at radius 2 is 1.52 bits per heavy atom. The normalized spacial score (nSPS) is 38.6. The lowest BCUT2D eigenvalue weighted by molar-refractivity contribution is -0.285. The highest BCUT2D eigenvalue weighted by Gasteiger charge is 2.55. The average molecular weight is 344 g/mol. The zero-order chi connectivity index (χ0) is 17.9. The summed E-state index contributed by atoms with van der Waals surface area (Å²) in [5.41, 5.74) is -2.62. The molecule has 138 valence electrons. The van der Waals surface area contributed by atoms with Crippen molar-refractivity contribution < 1.29 is 55.8 Å². The molecule has 0 aromatic rings. The van der Waals surface area contributed by atoms with Crippen LogP contribution in [0.15, 0.2) is 0 Å². The van der Waals surface area contributed by atoms with Crippen LogP contribution in [0.5, 0.6) is 0 Å². The minimum Gasteiger partial charge on any atom is -0.394 e. The summed E-state index contributed by atoms with van der Waals surface area (Å²) in [6, 6.07) is 0. The lowest BCUT2D eigenvalue weighted by Gasteiger charge is -2.46. The highest BCUT2D eigenvalue weighted by molar-refractivity contribution is 5.05. The summed E-state index contributed by atoms with van der Waals surface area (Å²) in [7, 11) is 0. The Hall–Kier alpha value is -0.440. The van der Waals surface area contributed by atoms with Crippen LogP contribution in [0.1, 0.15) is 0 Å². The average Bonchev–Trinajstić information content (AvgIpc) is 2.56. The molecule has 10 N–H and O–H groups in total. The molecule has 0 bridgehead atoms. The van der Waals surface area contributed by atoms with Crippen LogP contribution in [-0.2, 0) is 4.74 Å². The molecule has 1 unspecified atom stereocenters. The zero-order valence-electron chi connectivity index (χ0n) is 12.1. The van der Waals surface area contributed by atoms with Crippen molar-refractivity contribution in [2.45, 2.75) is 54.4 Å². The molecule has 1 aliphatic rings. The summed E-state index contributed by atoms with van der Waals surface area (Å²) >= 11 is 0. The van der Waals surface area contributed by atoms with Crippen LogP contribution in [0, 0.1) is 0 Å². The number of rotatable bonds is 7. The Morgan fingerprint density at radius 3 is 2.00 bits per heavy atom. The molecular weight excluding hydrogens is 320 g/mol. The molecule has 1 fully saturated rings. The van der Waals surface area contributed by atoms with Crippen molar-refractivity contribution in [2.24, 2.45) is 0 Å². The maximum absolute atomic E-state index is 10.3. The van der Waals surface area contributed by atoms with Crippen molar-refractivity contribution in [3.63, 3.8) is 0 Å². The monoisotopic (exact) mass is 344 g/mol. The number of aliphatic hydroxyl groups excluding tert-OH is 9. The molecule has 0 aliphatic carbocycles. The van der Waals surface area contributed by atoms with Gasteiger partial charge < -0.3 is 55.8 Å². The van der Waals surface area contributed by atoms with E-state index >= 15 is 0 Å². The molecule has 23 heavy (non-hydrogen) atoms. The molecule has 0 saturated carbocycles. The van der Waals surface area contributed by atoms with Gasteiger partial charge in [0.2, 0.25) is 0 Å². The van der Waals surface area contributed by atoms with Gasteiger partial charge in [-0.1, -0.05) is 0 Å². The van der Waals surface area contributed by atoms with Gasteiger partial charge in [0, 0.05) is 0 Å². The van der Waals surface area contributed by atoms with E-state index < -0.39 is 74.3 Å². The van der Waals surface area contributed by atoms with Crippen molar-refractivity contribution >= 4 is 0 Å². The first-order valence-corrected chi connectivity index (χ1v) is 6.94. The van der Waals surface area contributed by atoms with Gasteiger partial charge in [0.1, 0.15) is 54.4 Å². The molecule has 0 spiro atoms. The third-order valence-electron chi connectivity index (χ3n) is 4.04. The van der Waals surface area contributed by atoms with Crippen LogP contribution in [0.2, 0.25) is 0 Å². The highest BCUT2D eigenvalue weighted by atomic mass is 16.5. The Kier molecular flexibility index (Phi) is 7.25. The van der Waals surface area contributed by atoms with Gasteiger partial charge in [0.15, 0.2) is 0 Å². The lowest BCUT2D eigenvalue weighted by Crippen LogP contribution is -2.70. The van der Waals surface area contributed by atoms with E-state index in [-0.39, 0.29) is 0 Å². The van der Waals surface area contributed by atoms with Gasteiger partial charge in [-0.3, -0.25) is 0 Å². The molecule has 0 aromatic carbocycles. The van der Waals surface area contributed by atoms with E-state index in [0.29, 0.717) is 0 Å². The maximum Gasteiger partial charge on any atom is 0.145 e. The van der Waals surface area contributed by atoms with Gasteiger partial charge in [-0.2, -0.15) is 0 Å². The molecule has 9 atom stereocenters. The van der Waals surface area contributed by atoms with Crippen LogP contribution >= 0.6 is 0 Å². The van der Waals surface area contributed by atoms with Crippen LogP contribution < -0.4 is 0 Å². The molecule has 11 heteroatoms. The quantitative estimate of drug-likeness (QED) is 0.210. The van der Waals surface area contributed by atoms with Crippen LogP contribution in [0.4, 0.5) is 0 Å². The highest BCUT2D eigenvalue weighted by Crippen LogP contribution is 2.30. The smallest absolute Gasteiger partial charge is 0.145 e. The summed E-state index contributed by atoms with van der Waals surface area (Å²) in [5, 5.41) is 95.7. The fourth-order valence-electron chi connectivity index (χ4n) is 2.36. The summed E-state index contributed by atoms with van der Waals surface area (Å²) in [5.74, 6) is 0. The second-order valence-corrected chi connectivity index (χ2v) is 5.63. The molecule has 1 aliphatic heterocycles. The molecule has 0 aromatic heterocycles. The molecule has 0 amide bonds. The van der Waals surface area contributed by atoms with Gasteiger partial charge in [0.25, 0.3) is 0 Å². The van der Waals surface area contributed by atoms with Crippen molar-refractivity contribution in [1.29, 1.82) is 0 Å². The van der Waals surface area contributed by atoms with Crippen LogP contribution in [-0.4, -0.2) is 125 Å².